The number of nitrogens with zero attached hydrogens (tertiary/aromatic N) is 2. The van der Waals surface area contributed by atoms with Gasteiger partial charge in [-0.3, -0.25) is 19.1 Å². The van der Waals surface area contributed by atoms with Crippen LogP contribution in [0.25, 0.3) is 11.1 Å². The van der Waals surface area contributed by atoms with Crippen LogP contribution in [-0.2, 0) is 17.5 Å². The van der Waals surface area contributed by atoms with Crippen LogP contribution in [0.15, 0.2) is 60.9 Å². The summed E-state index contributed by atoms with van der Waals surface area (Å²) in [6, 6.07) is 6.67. The first-order valence-electron chi connectivity index (χ1n) is 11.7. The molecule has 0 saturated heterocycles. The number of hydrogen-bond acceptors (Lipinski definition) is 4. The summed E-state index contributed by atoms with van der Waals surface area (Å²) in [6.07, 6.45) is -2.10. The average Bonchev–Trinajstić information content (AvgIpc) is 3.48. The predicted molar refractivity (Wildman–Crippen MR) is 137 cm³/mol. The van der Waals surface area contributed by atoms with E-state index >= 15 is 0 Å². The number of nitrogens with one attached hydrogen (secondary N) is 2. The normalized spacial score (nSPS) is 14.5. The lowest BCUT2D eigenvalue weighted by Crippen LogP contribution is -2.21. The van der Waals surface area contributed by atoms with Gasteiger partial charge in [-0.2, -0.15) is 18.3 Å². The smallest absolute Gasteiger partial charge is 0.368 e. The minimum Gasteiger partial charge on any atom is -0.368 e. The van der Waals surface area contributed by atoms with Crippen molar-refractivity contribution < 1.29 is 36.3 Å². The van der Waals surface area contributed by atoms with Crippen LogP contribution in [0.4, 0.5) is 27.6 Å². The zero-order valence-electron chi connectivity index (χ0n) is 20.5. The second-order valence-corrected chi connectivity index (χ2v) is 9.54. The van der Waals surface area contributed by atoms with E-state index in [0.717, 1.165) is 12.1 Å². The number of alkyl halides is 3. The van der Waals surface area contributed by atoms with Crippen molar-refractivity contribution in [3.8, 4) is 11.1 Å². The summed E-state index contributed by atoms with van der Waals surface area (Å²) >= 11 is 6.29. The topological polar surface area (TPSA) is 119 Å². The third kappa shape index (κ3) is 5.61. The Hall–Kier alpha value is -4.78. The van der Waals surface area contributed by atoms with Gasteiger partial charge in [-0.05, 0) is 54.1 Å². The largest absolute Gasteiger partial charge is 0.416 e. The van der Waals surface area contributed by atoms with Crippen LogP contribution in [-0.4, -0.2) is 27.5 Å². The van der Waals surface area contributed by atoms with Crippen molar-refractivity contribution in [2.75, 3.05) is 5.32 Å². The Kier molecular flexibility index (Phi) is 6.99. The summed E-state index contributed by atoms with van der Waals surface area (Å²) < 4.78 is 69.2. The van der Waals surface area contributed by atoms with Crippen LogP contribution in [0.1, 0.15) is 43.4 Å². The number of carbonyl (C=O) groups is 3. The van der Waals surface area contributed by atoms with Crippen molar-refractivity contribution >= 4 is 35.0 Å². The monoisotopic (exact) mass is 589 g/mol. The quantitative estimate of drug-likeness (QED) is 0.272. The van der Waals surface area contributed by atoms with E-state index < -0.39 is 52.7 Å². The average molecular weight is 590 g/mol. The highest BCUT2D eigenvalue weighted by atomic mass is 35.5. The molecule has 1 aromatic heterocycles. The van der Waals surface area contributed by atoms with Crippen molar-refractivity contribution in [2.24, 2.45) is 5.73 Å². The van der Waals surface area contributed by atoms with Gasteiger partial charge in [-0.25, -0.2) is 8.78 Å². The number of amides is 3. The molecule has 1 unspecified atom stereocenters. The van der Waals surface area contributed by atoms with Crippen LogP contribution in [0, 0.1) is 11.6 Å². The van der Waals surface area contributed by atoms with Gasteiger partial charge in [0.2, 0.25) is 5.91 Å². The number of fused-ring (bicyclic) bond motifs is 1. The lowest BCUT2D eigenvalue weighted by molar-refractivity contribution is -0.137. The molecule has 1 aliphatic rings. The van der Waals surface area contributed by atoms with Crippen LogP contribution >= 0.6 is 11.6 Å². The number of rotatable bonds is 6. The molecule has 3 amide bonds. The van der Waals surface area contributed by atoms with Gasteiger partial charge in [0.1, 0.15) is 18.2 Å². The molecule has 0 radical (unpaired) electrons. The Bertz CT molecular complexity index is 1740. The molecule has 14 heteroatoms. The predicted octanol–water partition coefficient (Wildman–Crippen LogP) is 5.07. The van der Waals surface area contributed by atoms with E-state index in [2.05, 4.69) is 15.7 Å². The van der Waals surface area contributed by atoms with Gasteiger partial charge >= 0.3 is 6.18 Å². The highest BCUT2D eigenvalue weighted by Crippen LogP contribution is 2.42. The number of aromatic nitrogens is 2. The second-order valence-electron chi connectivity index (χ2n) is 9.13. The van der Waals surface area contributed by atoms with Gasteiger partial charge in [-0.15, -0.1) is 0 Å². The molecule has 3 aromatic carbocycles. The van der Waals surface area contributed by atoms with Crippen molar-refractivity contribution in [3.05, 3.63) is 105 Å². The van der Waals surface area contributed by atoms with E-state index in [4.69, 9.17) is 17.3 Å². The van der Waals surface area contributed by atoms with Gasteiger partial charge in [0.15, 0.2) is 0 Å². The molecular weight excluding hydrogens is 573 g/mol. The van der Waals surface area contributed by atoms with E-state index in [-0.39, 0.29) is 40.0 Å². The molecule has 0 spiro atoms. The zero-order chi connectivity index (χ0) is 29.6. The fraction of sp³-hybridized carbons (Fsp3) is 0.111. The van der Waals surface area contributed by atoms with Gasteiger partial charge in [0.25, 0.3) is 11.8 Å². The number of benzene rings is 3. The SMILES string of the molecule is NC(=O)Cn1cc(-c2cc(NC(=O)c3cc(F)cc(C(F)(F)F)c3)c3c(c2)C(=O)NC3c2cc(F)ccc2Cl)cn1. The fourth-order valence-corrected chi connectivity index (χ4v) is 4.74. The maximum Gasteiger partial charge on any atom is 0.416 e. The third-order valence-corrected chi connectivity index (χ3v) is 6.62. The number of halogens is 6. The van der Waals surface area contributed by atoms with E-state index in [9.17, 15) is 36.3 Å². The van der Waals surface area contributed by atoms with Crippen LogP contribution < -0.4 is 16.4 Å². The second kappa shape index (κ2) is 10.3. The molecule has 4 aromatic rings. The summed E-state index contributed by atoms with van der Waals surface area (Å²) in [7, 11) is 0. The Labute approximate surface area is 232 Å². The number of hydrogen-bond donors (Lipinski definition) is 3. The van der Waals surface area contributed by atoms with Crippen molar-refractivity contribution in [1.29, 1.82) is 0 Å². The molecule has 0 saturated carbocycles. The van der Waals surface area contributed by atoms with Gasteiger partial charge in [0.05, 0.1) is 17.8 Å². The lowest BCUT2D eigenvalue weighted by atomic mass is 9.93. The maximum atomic E-state index is 14.1. The molecule has 0 bridgehead atoms. The molecule has 0 fully saturated rings. The van der Waals surface area contributed by atoms with Crippen LogP contribution in [0.5, 0.6) is 0 Å². The summed E-state index contributed by atoms with van der Waals surface area (Å²) in [5.41, 5.74) is 4.22. The molecule has 2 heterocycles. The van der Waals surface area contributed by atoms with E-state index in [1.807, 2.05) is 0 Å². The summed E-state index contributed by atoms with van der Waals surface area (Å²) in [5, 5.41) is 9.26. The number of primary amides is 1. The molecule has 4 N–H and O–H groups in total. The molecule has 5 rings (SSSR count). The van der Waals surface area contributed by atoms with E-state index in [1.165, 1.54) is 35.3 Å². The summed E-state index contributed by atoms with van der Waals surface area (Å²) in [4.78, 5) is 37.5. The van der Waals surface area contributed by atoms with Gasteiger partial charge in [-0.1, -0.05) is 11.6 Å². The molecule has 41 heavy (non-hydrogen) atoms. The van der Waals surface area contributed by atoms with E-state index in [0.29, 0.717) is 23.3 Å². The molecule has 1 aliphatic heterocycles. The van der Waals surface area contributed by atoms with Gasteiger partial charge in [0, 0.05) is 44.7 Å². The highest BCUT2D eigenvalue weighted by molar-refractivity contribution is 6.31. The zero-order valence-corrected chi connectivity index (χ0v) is 21.3. The molecule has 0 aliphatic carbocycles. The van der Waals surface area contributed by atoms with Crippen LogP contribution in [0.2, 0.25) is 5.02 Å². The van der Waals surface area contributed by atoms with Crippen molar-refractivity contribution in [3.63, 3.8) is 0 Å². The first-order chi connectivity index (χ1) is 19.3. The summed E-state index contributed by atoms with van der Waals surface area (Å²) in [6.45, 7) is -0.240. The number of anilines is 1. The molecule has 8 nitrogen and oxygen atoms in total. The van der Waals surface area contributed by atoms with Crippen molar-refractivity contribution in [2.45, 2.75) is 18.8 Å². The van der Waals surface area contributed by atoms with Crippen molar-refractivity contribution in [1.82, 2.24) is 15.1 Å². The van der Waals surface area contributed by atoms with Crippen LogP contribution in [0.3, 0.4) is 0 Å². The fourth-order valence-electron chi connectivity index (χ4n) is 4.51. The summed E-state index contributed by atoms with van der Waals surface area (Å²) in [5.74, 6) is -4.33. The Morgan fingerprint density at radius 2 is 1.80 bits per heavy atom. The molecular formula is C27H17ClF5N5O3. The number of nitrogens with two attached hydrogens (primary N) is 1. The minimum absolute atomic E-state index is 0.0426. The Morgan fingerprint density at radius 3 is 2.51 bits per heavy atom. The Morgan fingerprint density at radius 1 is 1.05 bits per heavy atom. The molecule has 1 atom stereocenters. The minimum atomic E-state index is -4.92. The van der Waals surface area contributed by atoms with E-state index in [1.54, 1.807) is 0 Å². The third-order valence-electron chi connectivity index (χ3n) is 6.28. The Balaban J connectivity index is 1.64. The lowest BCUT2D eigenvalue weighted by Gasteiger charge is -2.19. The van der Waals surface area contributed by atoms with Gasteiger partial charge < -0.3 is 16.4 Å². The first kappa shape index (κ1) is 27.8. The first-order valence-corrected chi connectivity index (χ1v) is 12.1. The molecule has 210 valence electrons. The maximum absolute atomic E-state index is 14.1. The standard InChI is InChI=1S/C27H17ClF5N5O3/c28-20-2-1-16(29)8-18(20)24-23-19(26(41)37-24)5-12(14-9-35-38(10-14)11-22(34)39)6-21(23)36-25(40)13-3-15(27(31,32)33)7-17(30)4-13/h1-10,24H,11H2,(H2,34,39)(H,36,40)(H,37,41). The number of carbonyl (C=O) groups excluding carboxylic acids is 3. The highest BCUT2D eigenvalue weighted by Gasteiger charge is 2.36.